The molecule has 1 aliphatic rings. The lowest BCUT2D eigenvalue weighted by Gasteiger charge is -2.21. The van der Waals surface area contributed by atoms with Crippen LogP contribution in [0.5, 0.6) is 0 Å². The van der Waals surface area contributed by atoms with Gasteiger partial charge in [-0.05, 0) is 25.0 Å². The molecule has 1 aromatic carbocycles. The zero-order chi connectivity index (χ0) is 14.5. The van der Waals surface area contributed by atoms with Gasteiger partial charge in [0.25, 0.3) is 0 Å². The van der Waals surface area contributed by atoms with E-state index in [1.54, 1.807) is 7.11 Å². The number of nitrogens with zero attached hydrogens (tertiary/aromatic N) is 1. The number of hydrogen-bond donors (Lipinski definition) is 0. The fourth-order valence-electron chi connectivity index (χ4n) is 2.22. The third kappa shape index (κ3) is 3.84. The van der Waals surface area contributed by atoms with Crippen LogP contribution in [0, 0.1) is 11.6 Å². The molecule has 0 amide bonds. The number of Topliss-reactive ketones (excluding diaryl/α,β-unsaturated/α-hetero) is 1. The molecular formula is C15H19F2NO2. The second kappa shape index (κ2) is 6.90. The Labute approximate surface area is 117 Å². The van der Waals surface area contributed by atoms with Gasteiger partial charge in [0, 0.05) is 32.7 Å². The minimum atomic E-state index is -1.05. The Morgan fingerprint density at radius 3 is 2.75 bits per heavy atom. The second-order valence-corrected chi connectivity index (χ2v) is 5.03. The number of benzene rings is 1. The molecule has 2 rings (SSSR count). The van der Waals surface area contributed by atoms with Crippen molar-refractivity contribution in [3.63, 3.8) is 0 Å². The van der Waals surface area contributed by atoms with Gasteiger partial charge in [-0.2, -0.15) is 0 Å². The molecule has 20 heavy (non-hydrogen) atoms. The average Bonchev–Trinajstić information content (AvgIpc) is 3.26. The Hall–Kier alpha value is -1.33. The summed E-state index contributed by atoms with van der Waals surface area (Å²) in [5, 5.41) is 0. The lowest BCUT2D eigenvalue weighted by atomic mass is 10.1. The van der Waals surface area contributed by atoms with Crippen LogP contribution in [0.1, 0.15) is 29.6 Å². The summed E-state index contributed by atoms with van der Waals surface area (Å²) in [4.78, 5) is 14.2. The summed E-state index contributed by atoms with van der Waals surface area (Å²) in [5.74, 6) is -2.38. The van der Waals surface area contributed by atoms with E-state index in [0.29, 0.717) is 19.2 Å². The van der Waals surface area contributed by atoms with Crippen LogP contribution in [0.25, 0.3) is 0 Å². The monoisotopic (exact) mass is 283 g/mol. The zero-order valence-corrected chi connectivity index (χ0v) is 11.6. The van der Waals surface area contributed by atoms with Gasteiger partial charge in [-0.3, -0.25) is 9.69 Å². The van der Waals surface area contributed by atoms with E-state index < -0.39 is 11.6 Å². The number of rotatable bonds is 8. The number of carbonyl (C=O) groups is 1. The summed E-state index contributed by atoms with van der Waals surface area (Å²) in [6.07, 6.45) is 2.46. The van der Waals surface area contributed by atoms with Crippen molar-refractivity contribution in [1.29, 1.82) is 0 Å². The molecule has 1 aromatic rings. The van der Waals surface area contributed by atoms with Crippen LogP contribution in [-0.2, 0) is 4.74 Å². The van der Waals surface area contributed by atoms with Crippen LogP contribution < -0.4 is 0 Å². The Kier molecular flexibility index (Phi) is 5.20. The number of halogens is 2. The molecule has 0 radical (unpaired) electrons. The van der Waals surface area contributed by atoms with E-state index in [-0.39, 0.29) is 17.8 Å². The van der Waals surface area contributed by atoms with Crippen molar-refractivity contribution in [2.75, 3.05) is 26.8 Å². The highest BCUT2D eigenvalue weighted by atomic mass is 19.2. The lowest BCUT2D eigenvalue weighted by molar-refractivity contribution is 0.0940. The van der Waals surface area contributed by atoms with Gasteiger partial charge in [-0.25, -0.2) is 8.78 Å². The molecule has 0 atom stereocenters. The fourth-order valence-corrected chi connectivity index (χ4v) is 2.22. The molecule has 0 aliphatic heterocycles. The van der Waals surface area contributed by atoms with Crippen molar-refractivity contribution in [1.82, 2.24) is 4.90 Å². The zero-order valence-electron chi connectivity index (χ0n) is 11.6. The van der Waals surface area contributed by atoms with Crippen LogP contribution in [0.4, 0.5) is 8.78 Å². The lowest BCUT2D eigenvalue weighted by Crippen LogP contribution is -2.31. The molecule has 110 valence electrons. The molecule has 0 aromatic heterocycles. The molecule has 3 nitrogen and oxygen atoms in total. The quantitative estimate of drug-likeness (QED) is 0.687. The standard InChI is InChI=1S/C15H19F2NO2/c1-20-10-9-18(11-5-6-11)8-7-14(19)12-3-2-4-13(16)15(12)17/h2-4,11H,5-10H2,1H3. The summed E-state index contributed by atoms with van der Waals surface area (Å²) >= 11 is 0. The maximum atomic E-state index is 13.5. The van der Waals surface area contributed by atoms with Gasteiger partial charge in [-0.1, -0.05) is 6.07 Å². The van der Waals surface area contributed by atoms with Crippen LogP contribution >= 0.6 is 0 Å². The van der Waals surface area contributed by atoms with Crippen molar-refractivity contribution >= 4 is 5.78 Å². The van der Waals surface area contributed by atoms with Gasteiger partial charge >= 0.3 is 0 Å². The minimum absolute atomic E-state index is 0.160. The molecule has 0 N–H and O–H groups in total. The van der Waals surface area contributed by atoms with Crippen molar-refractivity contribution in [2.24, 2.45) is 0 Å². The number of ketones is 1. The molecule has 5 heteroatoms. The Balaban J connectivity index is 1.91. The first-order valence-electron chi connectivity index (χ1n) is 6.83. The van der Waals surface area contributed by atoms with E-state index in [9.17, 15) is 13.6 Å². The maximum absolute atomic E-state index is 13.5. The molecule has 0 spiro atoms. The van der Waals surface area contributed by atoms with Crippen molar-refractivity contribution in [3.05, 3.63) is 35.4 Å². The van der Waals surface area contributed by atoms with Crippen LogP contribution in [0.15, 0.2) is 18.2 Å². The Bertz CT molecular complexity index is 475. The highest BCUT2D eigenvalue weighted by Gasteiger charge is 2.29. The summed E-state index contributed by atoms with van der Waals surface area (Å²) in [6, 6.07) is 4.21. The Morgan fingerprint density at radius 2 is 2.10 bits per heavy atom. The number of methoxy groups -OCH3 is 1. The maximum Gasteiger partial charge on any atom is 0.169 e. The van der Waals surface area contributed by atoms with E-state index in [2.05, 4.69) is 4.90 Å². The topological polar surface area (TPSA) is 29.5 Å². The molecule has 1 aliphatic carbocycles. The second-order valence-electron chi connectivity index (χ2n) is 5.03. The summed E-state index contributed by atoms with van der Waals surface area (Å²) in [7, 11) is 1.64. The molecule has 0 heterocycles. The predicted octanol–water partition coefficient (Wildman–Crippen LogP) is 2.65. The van der Waals surface area contributed by atoms with Gasteiger partial charge in [0.1, 0.15) is 0 Å². The molecule has 0 saturated heterocycles. The first-order chi connectivity index (χ1) is 9.63. The fraction of sp³-hybridized carbons (Fsp3) is 0.533. The SMILES string of the molecule is COCCN(CCC(=O)c1cccc(F)c1F)C1CC1. The van der Waals surface area contributed by atoms with E-state index >= 15 is 0 Å². The summed E-state index contributed by atoms with van der Waals surface area (Å²) in [6.45, 7) is 1.93. The minimum Gasteiger partial charge on any atom is -0.383 e. The van der Waals surface area contributed by atoms with Crippen LogP contribution in [-0.4, -0.2) is 43.5 Å². The Morgan fingerprint density at radius 1 is 1.35 bits per heavy atom. The third-order valence-corrected chi connectivity index (χ3v) is 3.52. The van der Waals surface area contributed by atoms with Crippen molar-refractivity contribution < 1.29 is 18.3 Å². The van der Waals surface area contributed by atoms with E-state index in [1.165, 1.54) is 12.1 Å². The van der Waals surface area contributed by atoms with Gasteiger partial charge in [0.2, 0.25) is 0 Å². The number of carbonyl (C=O) groups excluding carboxylic acids is 1. The van der Waals surface area contributed by atoms with E-state index in [4.69, 9.17) is 4.74 Å². The first-order valence-corrected chi connectivity index (χ1v) is 6.83. The summed E-state index contributed by atoms with van der Waals surface area (Å²) in [5.41, 5.74) is -0.160. The highest BCUT2D eigenvalue weighted by Crippen LogP contribution is 2.27. The molecule has 0 unspecified atom stereocenters. The third-order valence-electron chi connectivity index (χ3n) is 3.52. The number of ether oxygens (including phenoxy) is 1. The first kappa shape index (κ1) is 15.1. The highest BCUT2D eigenvalue weighted by molar-refractivity contribution is 5.96. The molecule has 1 saturated carbocycles. The number of hydrogen-bond acceptors (Lipinski definition) is 3. The van der Waals surface area contributed by atoms with Gasteiger partial charge in [-0.15, -0.1) is 0 Å². The van der Waals surface area contributed by atoms with Gasteiger partial charge in [0.05, 0.1) is 12.2 Å². The van der Waals surface area contributed by atoms with Crippen molar-refractivity contribution in [2.45, 2.75) is 25.3 Å². The summed E-state index contributed by atoms with van der Waals surface area (Å²) < 4.78 is 31.7. The predicted molar refractivity (Wildman–Crippen MR) is 71.8 cm³/mol. The van der Waals surface area contributed by atoms with Gasteiger partial charge in [0.15, 0.2) is 17.4 Å². The largest absolute Gasteiger partial charge is 0.383 e. The van der Waals surface area contributed by atoms with E-state index in [1.807, 2.05) is 0 Å². The van der Waals surface area contributed by atoms with Crippen molar-refractivity contribution in [3.8, 4) is 0 Å². The normalized spacial score (nSPS) is 14.8. The van der Waals surface area contributed by atoms with Gasteiger partial charge < -0.3 is 4.74 Å². The average molecular weight is 283 g/mol. The van der Waals surface area contributed by atoms with Crippen LogP contribution in [0.3, 0.4) is 0 Å². The smallest absolute Gasteiger partial charge is 0.169 e. The van der Waals surface area contributed by atoms with Crippen LogP contribution in [0.2, 0.25) is 0 Å². The molecule has 0 bridgehead atoms. The van der Waals surface area contributed by atoms with E-state index in [0.717, 1.165) is 25.5 Å². The molecule has 1 fully saturated rings. The molecular weight excluding hydrogens is 264 g/mol.